The van der Waals surface area contributed by atoms with Crippen LogP contribution in [0, 0.1) is 11.8 Å². The first kappa shape index (κ1) is 11.6. The summed E-state index contributed by atoms with van der Waals surface area (Å²) >= 11 is 0. The molecule has 2 aliphatic rings. The molecule has 0 bridgehead atoms. The molecule has 5 nitrogen and oxygen atoms in total. The van der Waals surface area contributed by atoms with Gasteiger partial charge in [0.25, 0.3) is 0 Å². The Balaban J connectivity index is 2.36. The van der Waals surface area contributed by atoms with Crippen LogP contribution in [-0.4, -0.2) is 30.3 Å². The quantitative estimate of drug-likeness (QED) is 0.665. The molecule has 2 fully saturated rings. The summed E-state index contributed by atoms with van der Waals surface area (Å²) in [5.74, 6) is -1.98. The van der Waals surface area contributed by atoms with Crippen molar-refractivity contribution in [1.82, 2.24) is 4.31 Å². The van der Waals surface area contributed by atoms with Crippen LogP contribution in [0.4, 0.5) is 0 Å². The molecule has 0 aromatic carbocycles. The van der Waals surface area contributed by atoms with E-state index in [4.69, 9.17) is 0 Å². The molecule has 0 radical (unpaired) electrons. The van der Waals surface area contributed by atoms with Crippen molar-refractivity contribution in [1.29, 1.82) is 0 Å². The number of hydrogen-bond donors (Lipinski definition) is 0. The van der Waals surface area contributed by atoms with Crippen molar-refractivity contribution >= 4 is 21.8 Å². The normalized spacial score (nSPS) is 30.7. The van der Waals surface area contributed by atoms with Gasteiger partial charge in [0.1, 0.15) is 0 Å². The highest BCUT2D eigenvalue weighted by Crippen LogP contribution is 2.39. The molecule has 1 saturated carbocycles. The average Bonchev–Trinajstić information content (AvgIpc) is 2.53. The first-order chi connectivity index (χ1) is 7.49. The Morgan fingerprint density at radius 1 is 1.12 bits per heavy atom. The van der Waals surface area contributed by atoms with Gasteiger partial charge in [-0.1, -0.05) is 12.8 Å². The van der Waals surface area contributed by atoms with E-state index in [2.05, 4.69) is 0 Å². The van der Waals surface area contributed by atoms with Crippen LogP contribution in [0.1, 0.15) is 32.6 Å². The van der Waals surface area contributed by atoms with Crippen LogP contribution >= 0.6 is 0 Å². The first-order valence-corrected chi connectivity index (χ1v) is 7.20. The molecular weight excluding hydrogens is 230 g/mol. The number of carbonyl (C=O) groups is 2. The Morgan fingerprint density at radius 3 is 1.94 bits per heavy atom. The molecule has 1 aliphatic carbocycles. The Morgan fingerprint density at radius 2 is 1.56 bits per heavy atom. The third kappa shape index (κ3) is 1.55. The number of nitrogens with zero attached hydrogens (tertiary/aromatic N) is 1. The molecule has 0 spiro atoms. The van der Waals surface area contributed by atoms with Gasteiger partial charge in [-0.2, -0.15) is 4.31 Å². The molecular formula is C10H15NO4S. The molecule has 2 amide bonds. The number of amides is 2. The number of imide groups is 1. The van der Waals surface area contributed by atoms with Gasteiger partial charge in [0.15, 0.2) is 0 Å². The van der Waals surface area contributed by atoms with Crippen LogP contribution in [0.15, 0.2) is 0 Å². The second-order valence-corrected chi connectivity index (χ2v) is 6.45. The molecule has 2 rings (SSSR count). The highest BCUT2D eigenvalue weighted by molar-refractivity contribution is 7.90. The SMILES string of the molecule is CCS(=O)(=O)N1C(=O)C2CCCCC2C1=O. The standard InChI is InChI=1S/C10H15NO4S/c1-2-16(14,15)11-9(12)7-5-3-4-6-8(7)10(11)13/h7-8H,2-6H2,1H3. The van der Waals surface area contributed by atoms with E-state index in [0.29, 0.717) is 17.1 Å². The van der Waals surface area contributed by atoms with Gasteiger partial charge in [-0.05, 0) is 19.8 Å². The van der Waals surface area contributed by atoms with Gasteiger partial charge in [0, 0.05) is 0 Å². The first-order valence-electron chi connectivity index (χ1n) is 5.59. The molecule has 90 valence electrons. The number of rotatable bonds is 2. The van der Waals surface area contributed by atoms with Crippen LogP contribution in [-0.2, 0) is 19.6 Å². The van der Waals surface area contributed by atoms with Crippen LogP contribution < -0.4 is 0 Å². The van der Waals surface area contributed by atoms with E-state index in [1.54, 1.807) is 0 Å². The molecule has 1 saturated heterocycles. The summed E-state index contributed by atoms with van der Waals surface area (Å²) in [6, 6.07) is 0. The van der Waals surface area contributed by atoms with Crippen LogP contribution in [0.5, 0.6) is 0 Å². The van der Waals surface area contributed by atoms with Gasteiger partial charge < -0.3 is 0 Å². The highest BCUT2D eigenvalue weighted by atomic mass is 32.2. The summed E-state index contributed by atoms with van der Waals surface area (Å²) in [6.07, 6.45) is 3.09. The molecule has 1 heterocycles. The molecule has 2 unspecified atom stereocenters. The van der Waals surface area contributed by atoms with Crippen LogP contribution in [0.25, 0.3) is 0 Å². The van der Waals surface area contributed by atoms with E-state index in [1.807, 2.05) is 0 Å². The van der Waals surface area contributed by atoms with Crippen molar-refractivity contribution in [2.45, 2.75) is 32.6 Å². The Labute approximate surface area is 94.9 Å². The topological polar surface area (TPSA) is 71.5 Å². The zero-order valence-corrected chi connectivity index (χ0v) is 10.00. The minimum Gasteiger partial charge on any atom is -0.273 e. The van der Waals surface area contributed by atoms with Gasteiger partial charge >= 0.3 is 0 Å². The molecule has 2 atom stereocenters. The third-order valence-electron chi connectivity index (χ3n) is 3.44. The zero-order valence-electron chi connectivity index (χ0n) is 9.18. The average molecular weight is 245 g/mol. The minimum absolute atomic E-state index is 0.204. The lowest BCUT2D eigenvalue weighted by atomic mass is 9.81. The fourth-order valence-corrected chi connectivity index (χ4v) is 3.61. The fourth-order valence-electron chi connectivity index (χ4n) is 2.54. The lowest BCUT2D eigenvalue weighted by molar-refractivity contribution is -0.133. The zero-order chi connectivity index (χ0) is 11.9. The van der Waals surface area contributed by atoms with E-state index in [9.17, 15) is 18.0 Å². The monoisotopic (exact) mass is 245 g/mol. The van der Waals surface area contributed by atoms with Gasteiger partial charge in [-0.25, -0.2) is 8.42 Å². The van der Waals surface area contributed by atoms with E-state index >= 15 is 0 Å². The smallest absolute Gasteiger partial charge is 0.246 e. The number of carbonyl (C=O) groups excluding carboxylic acids is 2. The Kier molecular flexibility index (Phi) is 2.77. The summed E-state index contributed by atoms with van der Waals surface area (Å²) in [7, 11) is -3.72. The largest absolute Gasteiger partial charge is 0.273 e. The molecule has 6 heteroatoms. The predicted octanol–water partition coefficient (Wildman–Crippen LogP) is 0.511. The Bertz CT molecular complexity index is 404. The summed E-state index contributed by atoms with van der Waals surface area (Å²) < 4.78 is 23.8. The second-order valence-electron chi connectivity index (χ2n) is 4.34. The summed E-state index contributed by atoms with van der Waals surface area (Å²) in [4.78, 5) is 23.8. The predicted molar refractivity (Wildman–Crippen MR) is 56.8 cm³/mol. The molecule has 0 N–H and O–H groups in total. The molecule has 1 aliphatic heterocycles. The van der Waals surface area contributed by atoms with Crippen molar-refractivity contribution in [3.8, 4) is 0 Å². The summed E-state index contributed by atoms with van der Waals surface area (Å²) in [6.45, 7) is 1.44. The lowest BCUT2D eigenvalue weighted by Crippen LogP contribution is -2.38. The minimum atomic E-state index is -3.72. The van der Waals surface area contributed by atoms with Crippen molar-refractivity contribution in [2.24, 2.45) is 11.8 Å². The lowest BCUT2D eigenvalue weighted by Gasteiger charge is -2.19. The van der Waals surface area contributed by atoms with Crippen molar-refractivity contribution in [2.75, 3.05) is 5.75 Å². The second kappa shape index (κ2) is 3.84. The van der Waals surface area contributed by atoms with Crippen molar-refractivity contribution in [3.63, 3.8) is 0 Å². The van der Waals surface area contributed by atoms with Crippen LogP contribution in [0.3, 0.4) is 0 Å². The third-order valence-corrected chi connectivity index (χ3v) is 5.09. The maximum atomic E-state index is 11.9. The van der Waals surface area contributed by atoms with Crippen LogP contribution in [0.2, 0.25) is 0 Å². The number of sulfonamides is 1. The molecule has 0 aromatic rings. The van der Waals surface area contributed by atoms with Gasteiger partial charge in [-0.3, -0.25) is 9.59 Å². The summed E-state index contributed by atoms with van der Waals surface area (Å²) in [5.41, 5.74) is 0. The fraction of sp³-hybridized carbons (Fsp3) is 0.800. The maximum absolute atomic E-state index is 11.9. The summed E-state index contributed by atoms with van der Waals surface area (Å²) in [5, 5.41) is 0. The van der Waals surface area contributed by atoms with Gasteiger partial charge in [0.2, 0.25) is 21.8 Å². The van der Waals surface area contributed by atoms with E-state index in [1.165, 1.54) is 6.92 Å². The maximum Gasteiger partial charge on any atom is 0.246 e. The molecule has 16 heavy (non-hydrogen) atoms. The molecule has 0 aromatic heterocycles. The van der Waals surface area contributed by atoms with E-state index in [0.717, 1.165) is 12.8 Å². The van der Waals surface area contributed by atoms with E-state index in [-0.39, 0.29) is 17.6 Å². The highest BCUT2D eigenvalue weighted by Gasteiger charge is 2.52. The number of fused-ring (bicyclic) bond motifs is 1. The van der Waals surface area contributed by atoms with E-state index < -0.39 is 21.8 Å². The van der Waals surface area contributed by atoms with Gasteiger partial charge in [-0.15, -0.1) is 0 Å². The van der Waals surface area contributed by atoms with Gasteiger partial charge in [0.05, 0.1) is 17.6 Å². The van der Waals surface area contributed by atoms with Crippen molar-refractivity contribution in [3.05, 3.63) is 0 Å². The number of hydrogen-bond acceptors (Lipinski definition) is 4. The van der Waals surface area contributed by atoms with Crippen molar-refractivity contribution < 1.29 is 18.0 Å². The Hall–Kier alpha value is -0.910.